The highest BCUT2D eigenvalue weighted by molar-refractivity contribution is 7.99. The van der Waals surface area contributed by atoms with Gasteiger partial charge >= 0.3 is 0 Å². The van der Waals surface area contributed by atoms with E-state index >= 15 is 0 Å². The quantitative estimate of drug-likeness (QED) is 0.523. The van der Waals surface area contributed by atoms with Gasteiger partial charge in [0.25, 0.3) is 0 Å². The molecule has 0 unspecified atom stereocenters. The molecule has 5 heteroatoms. The van der Waals surface area contributed by atoms with Crippen LogP contribution < -0.4 is 5.32 Å². The number of ether oxygens (including phenoxy) is 1. The Morgan fingerprint density at radius 2 is 2.10 bits per heavy atom. The minimum atomic E-state index is 0.482. The summed E-state index contributed by atoms with van der Waals surface area (Å²) in [6.45, 7) is 10.7. The largest absolute Gasteiger partial charge is 0.374 e. The zero-order valence-electron chi connectivity index (χ0n) is 13.1. The summed E-state index contributed by atoms with van der Waals surface area (Å²) in [5, 5.41) is 4.37. The van der Waals surface area contributed by atoms with Gasteiger partial charge in [-0.25, -0.2) is 9.97 Å². The van der Waals surface area contributed by atoms with Crippen molar-refractivity contribution in [3.05, 3.63) is 11.9 Å². The zero-order valence-corrected chi connectivity index (χ0v) is 13.9. The van der Waals surface area contributed by atoms with Gasteiger partial charge in [-0.1, -0.05) is 20.8 Å². The molecular weight excluding hydrogens is 270 g/mol. The van der Waals surface area contributed by atoms with Crippen molar-refractivity contribution in [3.63, 3.8) is 0 Å². The lowest BCUT2D eigenvalue weighted by atomic mass is 10.2. The normalized spacial score (nSPS) is 11.1. The third-order valence-corrected chi connectivity index (χ3v) is 3.63. The highest BCUT2D eigenvalue weighted by Gasteiger charge is 2.06. The van der Waals surface area contributed by atoms with Crippen LogP contribution in [0, 0.1) is 5.92 Å². The predicted molar refractivity (Wildman–Crippen MR) is 86.3 cm³/mol. The molecule has 0 radical (unpaired) electrons. The van der Waals surface area contributed by atoms with E-state index in [1.54, 1.807) is 11.8 Å². The van der Waals surface area contributed by atoms with Gasteiger partial charge < -0.3 is 10.1 Å². The number of nitrogens with one attached hydrogen (secondary N) is 1. The average molecular weight is 297 g/mol. The molecule has 1 heterocycles. The predicted octanol–water partition coefficient (Wildman–Crippen LogP) is 3.97. The maximum absolute atomic E-state index is 5.41. The molecule has 0 bridgehead atoms. The smallest absolute Gasteiger partial charge is 0.157 e. The molecule has 20 heavy (non-hydrogen) atoms. The lowest BCUT2D eigenvalue weighted by Gasteiger charge is -2.10. The van der Waals surface area contributed by atoms with Crippen molar-refractivity contribution in [2.75, 3.05) is 24.2 Å². The van der Waals surface area contributed by atoms with Gasteiger partial charge in [0.2, 0.25) is 0 Å². The van der Waals surface area contributed by atoms with E-state index in [1.165, 1.54) is 6.42 Å². The molecule has 1 N–H and O–H groups in total. The SMILES string of the molecule is CCCNc1cc(SCCC(C)C)nc(COCC)n1. The van der Waals surface area contributed by atoms with E-state index in [9.17, 15) is 0 Å². The Labute approximate surface area is 127 Å². The van der Waals surface area contributed by atoms with Gasteiger partial charge in [0.1, 0.15) is 17.5 Å². The maximum atomic E-state index is 5.41. The van der Waals surface area contributed by atoms with Crippen molar-refractivity contribution >= 4 is 17.6 Å². The molecule has 1 aromatic rings. The zero-order chi connectivity index (χ0) is 14.8. The molecule has 0 saturated carbocycles. The van der Waals surface area contributed by atoms with E-state index in [0.717, 1.165) is 41.3 Å². The van der Waals surface area contributed by atoms with Crippen molar-refractivity contribution < 1.29 is 4.74 Å². The molecule has 0 aromatic carbocycles. The van der Waals surface area contributed by atoms with Crippen LogP contribution in [0.15, 0.2) is 11.1 Å². The lowest BCUT2D eigenvalue weighted by molar-refractivity contribution is 0.128. The molecule has 0 spiro atoms. The van der Waals surface area contributed by atoms with E-state index in [2.05, 4.69) is 36.1 Å². The van der Waals surface area contributed by atoms with Gasteiger partial charge in [-0.15, -0.1) is 11.8 Å². The van der Waals surface area contributed by atoms with Gasteiger partial charge in [-0.2, -0.15) is 0 Å². The van der Waals surface area contributed by atoms with Crippen LogP contribution in [0.2, 0.25) is 0 Å². The second kappa shape index (κ2) is 10.00. The number of hydrogen-bond donors (Lipinski definition) is 1. The van der Waals surface area contributed by atoms with Gasteiger partial charge in [-0.05, 0) is 31.4 Å². The molecule has 0 saturated heterocycles. The molecule has 0 amide bonds. The molecule has 0 aliphatic rings. The summed E-state index contributed by atoms with van der Waals surface area (Å²) < 4.78 is 5.41. The van der Waals surface area contributed by atoms with Gasteiger partial charge in [-0.3, -0.25) is 0 Å². The molecule has 1 aromatic heterocycles. The summed E-state index contributed by atoms with van der Waals surface area (Å²) in [6, 6.07) is 2.04. The van der Waals surface area contributed by atoms with Gasteiger partial charge in [0.05, 0.1) is 0 Å². The molecule has 114 valence electrons. The van der Waals surface area contributed by atoms with Crippen LogP contribution in [0.5, 0.6) is 0 Å². The number of thioether (sulfide) groups is 1. The molecule has 0 aliphatic heterocycles. The highest BCUT2D eigenvalue weighted by atomic mass is 32.2. The molecule has 4 nitrogen and oxygen atoms in total. The van der Waals surface area contributed by atoms with E-state index in [1.807, 2.05) is 13.0 Å². The van der Waals surface area contributed by atoms with Crippen molar-refractivity contribution in [3.8, 4) is 0 Å². The number of anilines is 1. The van der Waals surface area contributed by atoms with E-state index in [4.69, 9.17) is 4.74 Å². The Hall–Kier alpha value is -0.810. The van der Waals surface area contributed by atoms with Gasteiger partial charge in [0.15, 0.2) is 5.82 Å². The summed E-state index contributed by atoms with van der Waals surface area (Å²) in [6.07, 6.45) is 2.29. The number of nitrogens with zero attached hydrogens (tertiary/aromatic N) is 2. The number of aromatic nitrogens is 2. The van der Waals surface area contributed by atoms with Crippen molar-refractivity contribution in [2.24, 2.45) is 5.92 Å². The minimum absolute atomic E-state index is 0.482. The topological polar surface area (TPSA) is 47.0 Å². The average Bonchev–Trinajstić information content (AvgIpc) is 2.42. The van der Waals surface area contributed by atoms with Crippen LogP contribution in [0.3, 0.4) is 0 Å². The van der Waals surface area contributed by atoms with Crippen LogP contribution in [0.1, 0.15) is 46.4 Å². The Morgan fingerprint density at radius 3 is 2.75 bits per heavy atom. The second-order valence-electron chi connectivity index (χ2n) is 5.10. The first-order chi connectivity index (χ1) is 9.65. The monoisotopic (exact) mass is 297 g/mol. The Balaban J connectivity index is 2.68. The van der Waals surface area contributed by atoms with Crippen LogP contribution in [-0.4, -0.2) is 28.9 Å². The Kier molecular flexibility index (Phi) is 8.62. The highest BCUT2D eigenvalue weighted by Crippen LogP contribution is 2.21. The fourth-order valence-electron chi connectivity index (χ4n) is 1.55. The number of hydrogen-bond acceptors (Lipinski definition) is 5. The summed E-state index contributed by atoms with van der Waals surface area (Å²) >= 11 is 1.80. The number of rotatable bonds is 10. The molecule has 1 rings (SSSR count). The molecule has 0 aliphatic carbocycles. The van der Waals surface area contributed by atoms with Crippen LogP contribution in [0.4, 0.5) is 5.82 Å². The summed E-state index contributed by atoms with van der Waals surface area (Å²) in [5.74, 6) is 3.49. The third kappa shape index (κ3) is 7.10. The second-order valence-corrected chi connectivity index (χ2v) is 6.22. The first kappa shape index (κ1) is 17.2. The molecule has 0 fully saturated rings. The Bertz CT molecular complexity index is 359. The van der Waals surface area contributed by atoms with Crippen molar-refractivity contribution in [1.29, 1.82) is 0 Å². The van der Waals surface area contributed by atoms with E-state index < -0.39 is 0 Å². The summed E-state index contributed by atoms with van der Waals surface area (Å²) in [4.78, 5) is 9.05. The Morgan fingerprint density at radius 1 is 1.30 bits per heavy atom. The van der Waals surface area contributed by atoms with E-state index in [0.29, 0.717) is 13.2 Å². The maximum Gasteiger partial charge on any atom is 0.157 e. The molecular formula is C15H27N3OS. The van der Waals surface area contributed by atoms with Gasteiger partial charge in [0, 0.05) is 19.2 Å². The van der Waals surface area contributed by atoms with Crippen molar-refractivity contribution in [2.45, 2.75) is 52.2 Å². The minimum Gasteiger partial charge on any atom is -0.374 e. The van der Waals surface area contributed by atoms with Crippen LogP contribution >= 0.6 is 11.8 Å². The standard InChI is InChI=1S/C15H27N3OS/c1-5-8-16-13-10-15(20-9-7-12(3)4)18-14(17-13)11-19-6-2/h10,12H,5-9,11H2,1-4H3,(H,16,17,18). The summed E-state index contributed by atoms with van der Waals surface area (Å²) in [5.41, 5.74) is 0. The first-order valence-electron chi connectivity index (χ1n) is 7.48. The lowest BCUT2D eigenvalue weighted by Crippen LogP contribution is -2.07. The molecule has 0 atom stereocenters. The van der Waals surface area contributed by atoms with Crippen LogP contribution in [0.25, 0.3) is 0 Å². The first-order valence-corrected chi connectivity index (χ1v) is 8.46. The fourth-order valence-corrected chi connectivity index (χ4v) is 2.71. The van der Waals surface area contributed by atoms with Crippen LogP contribution in [-0.2, 0) is 11.3 Å². The van der Waals surface area contributed by atoms with Crippen molar-refractivity contribution in [1.82, 2.24) is 9.97 Å². The van der Waals surface area contributed by atoms with E-state index in [-0.39, 0.29) is 0 Å². The summed E-state index contributed by atoms with van der Waals surface area (Å²) in [7, 11) is 0. The third-order valence-electron chi connectivity index (χ3n) is 2.69. The fraction of sp³-hybridized carbons (Fsp3) is 0.733.